The zero-order valence-corrected chi connectivity index (χ0v) is 17.2. The topological polar surface area (TPSA) is 114 Å². The van der Waals surface area contributed by atoms with Crippen molar-refractivity contribution in [3.8, 4) is 11.5 Å². The third-order valence-corrected chi connectivity index (χ3v) is 7.45. The third kappa shape index (κ3) is 4.36. The van der Waals surface area contributed by atoms with Crippen molar-refractivity contribution in [2.75, 3.05) is 33.2 Å². The van der Waals surface area contributed by atoms with Gasteiger partial charge < -0.3 is 14.6 Å². The minimum absolute atomic E-state index is 0.0436. The molecule has 2 heterocycles. The van der Waals surface area contributed by atoms with Crippen LogP contribution in [-0.2, 0) is 15.7 Å². The highest BCUT2D eigenvalue weighted by Gasteiger charge is 2.49. The average Bonchev–Trinajstić information content (AvgIpc) is 3.64. The fraction of sp³-hybridized carbons (Fsp3) is 0.316. The molecule has 2 aromatic carbocycles. The number of nitrogens with zero attached hydrogens (tertiary/aromatic N) is 3. The Morgan fingerprint density at radius 1 is 1.13 bits per heavy atom. The van der Waals surface area contributed by atoms with E-state index in [1.807, 2.05) is 0 Å². The summed E-state index contributed by atoms with van der Waals surface area (Å²) < 4.78 is 28.1. The maximum atomic E-state index is 13.0. The van der Waals surface area contributed by atoms with Crippen molar-refractivity contribution >= 4 is 19.3 Å². The quantitative estimate of drug-likeness (QED) is 0.278. The van der Waals surface area contributed by atoms with Gasteiger partial charge in [0.15, 0.2) is 0 Å². The lowest BCUT2D eigenvalue weighted by Crippen LogP contribution is -2.17. The van der Waals surface area contributed by atoms with E-state index in [4.69, 9.17) is 9.26 Å². The Bertz CT molecular complexity index is 1000. The predicted molar refractivity (Wildman–Crippen MR) is 109 cm³/mol. The van der Waals surface area contributed by atoms with Crippen molar-refractivity contribution in [1.82, 2.24) is 14.7 Å². The number of ether oxygens (including phenoxy) is 1. The van der Waals surface area contributed by atoms with Crippen LogP contribution in [0.25, 0.3) is 0 Å². The molecule has 2 aliphatic heterocycles. The zero-order chi connectivity index (χ0) is 21.3. The van der Waals surface area contributed by atoms with Gasteiger partial charge in [0.2, 0.25) is 5.75 Å². The fourth-order valence-corrected chi connectivity index (χ4v) is 5.11. The number of carbonyl (C=O) groups excluding carboxylic acids is 1. The SMILES string of the molecule is CNC(=O)c1ccc(Oc2cc(COP(=O)(N3CC3)N3CC3)ccc2[N+](=O)[O-])cc1. The molecule has 2 aliphatic rings. The molecule has 0 radical (unpaired) electrons. The molecule has 2 saturated heterocycles. The van der Waals surface area contributed by atoms with Crippen molar-refractivity contribution in [2.24, 2.45) is 0 Å². The smallest absolute Gasteiger partial charge is 0.346 e. The molecular formula is C19H21N4O6P. The summed E-state index contributed by atoms with van der Waals surface area (Å²) in [4.78, 5) is 22.5. The Morgan fingerprint density at radius 3 is 2.30 bits per heavy atom. The molecule has 30 heavy (non-hydrogen) atoms. The van der Waals surface area contributed by atoms with Crippen LogP contribution in [0.3, 0.4) is 0 Å². The number of hydrogen-bond acceptors (Lipinski definition) is 6. The summed E-state index contributed by atoms with van der Waals surface area (Å²) >= 11 is 0. The van der Waals surface area contributed by atoms with Crippen molar-refractivity contribution in [1.29, 1.82) is 0 Å². The van der Waals surface area contributed by atoms with Gasteiger partial charge in [0.1, 0.15) is 5.75 Å². The van der Waals surface area contributed by atoms with E-state index < -0.39 is 12.6 Å². The van der Waals surface area contributed by atoms with Gasteiger partial charge in [-0.1, -0.05) is 0 Å². The minimum Gasteiger partial charge on any atom is -0.450 e. The van der Waals surface area contributed by atoms with Gasteiger partial charge in [0.25, 0.3) is 5.91 Å². The van der Waals surface area contributed by atoms with E-state index >= 15 is 0 Å². The highest BCUT2D eigenvalue weighted by Crippen LogP contribution is 2.61. The van der Waals surface area contributed by atoms with Crippen LogP contribution < -0.4 is 10.1 Å². The number of hydrogen-bond donors (Lipinski definition) is 1. The highest BCUT2D eigenvalue weighted by atomic mass is 31.2. The van der Waals surface area contributed by atoms with Crippen LogP contribution in [0.1, 0.15) is 15.9 Å². The molecular weight excluding hydrogens is 411 g/mol. The van der Waals surface area contributed by atoms with E-state index in [0.717, 1.165) is 26.2 Å². The Balaban J connectivity index is 1.52. The predicted octanol–water partition coefficient (Wildman–Crippen LogP) is 3.00. The first-order valence-electron chi connectivity index (χ1n) is 9.43. The zero-order valence-electron chi connectivity index (χ0n) is 16.3. The summed E-state index contributed by atoms with van der Waals surface area (Å²) in [7, 11) is -1.45. The number of nitrogens with one attached hydrogen (secondary N) is 1. The Hall–Kier alpha value is -2.78. The lowest BCUT2D eigenvalue weighted by Gasteiger charge is -2.19. The first-order chi connectivity index (χ1) is 14.4. The molecule has 0 saturated carbocycles. The number of carbonyl (C=O) groups is 1. The molecule has 10 nitrogen and oxygen atoms in total. The lowest BCUT2D eigenvalue weighted by molar-refractivity contribution is -0.385. The van der Waals surface area contributed by atoms with Gasteiger partial charge >= 0.3 is 13.4 Å². The Labute approximate surface area is 173 Å². The highest BCUT2D eigenvalue weighted by molar-refractivity contribution is 7.54. The summed E-state index contributed by atoms with van der Waals surface area (Å²) in [5.41, 5.74) is 0.859. The molecule has 0 spiro atoms. The standard InChI is InChI=1S/C19H21N4O6P/c1-20-19(24)15-3-5-16(6-4-15)29-18-12-14(2-7-17(18)23(25)26)13-28-30(27,21-8-9-21)22-10-11-22/h2-7,12H,8-11,13H2,1H3,(H,20,24). The second-order valence-electron chi connectivity index (χ2n) is 6.94. The maximum Gasteiger partial charge on any atom is 0.346 e. The number of amides is 1. The van der Waals surface area contributed by atoms with Gasteiger partial charge in [-0.25, -0.2) is 9.34 Å². The van der Waals surface area contributed by atoms with E-state index in [9.17, 15) is 19.5 Å². The molecule has 4 rings (SSSR count). The van der Waals surface area contributed by atoms with Gasteiger partial charge in [0, 0.05) is 44.9 Å². The van der Waals surface area contributed by atoms with Gasteiger partial charge in [0.05, 0.1) is 11.5 Å². The summed E-state index contributed by atoms with van der Waals surface area (Å²) in [6.07, 6.45) is 0. The summed E-state index contributed by atoms with van der Waals surface area (Å²) in [5.74, 6) is 0.152. The van der Waals surface area contributed by atoms with E-state index in [2.05, 4.69) is 5.32 Å². The van der Waals surface area contributed by atoms with E-state index in [-0.39, 0.29) is 24.0 Å². The van der Waals surface area contributed by atoms with Gasteiger partial charge in [-0.15, -0.1) is 0 Å². The second-order valence-corrected chi connectivity index (χ2v) is 9.31. The molecule has 2 fully saturated rings. The van der Waals surface area contributed by atoms with Crippen LogP contribution in [0, 0.1) is 10.1 Å². The summed E-state index contributed by atoms with van der Waals surface area (Å²) in [6.45, 7) is 3.03. The van der Waals surface area contributed by atoms with Crippen LogP contribution in [-0.4, -0.2) is 53.4 Å². The summed E-state index contributed by atoms with van der Waals surface area (Å²) in [6, 6.07) is 10.7. The Morgan fingerprint density at radius 2 is 1.77 bits per heavy atom. The van der Waals surface area contributed by atoms with E-state index in [1.165, 1.54) is 19.2 Å². The molecule has 0 unspecified atom stereocenters. The number of nitro groups is 1. The van der Waals surface area contributed by atoms with Crippen molar-refractivity contribution in [3.63, 3.8) is 0 Å². The van der Waals surface area contributed by atoms with Gasteiger partial charge in [-0.3, -0.25) is 19.5 Å². The largest absolute Gasteiger partial charge is 0.450 e. The molecule has 1 amide bonds. The maximum absolute atomic E-state index is 13.0. The molecule has 0 aromatic heterocycles. The second kappa shape index (κ2) is 8.16. The van der Waals surface area contributed by atoms with Crippen molar-refractivity contribution in [2.45, 2.75) is 6.61 Å². The number of benzene rings is 2. The Kier molecular flexibility index (Phi) is 5.57. The van der Waals surface area contributed by atoms with Crippen LogP contribution in [0.2, 0.25) is 0 Å². The lowest BCUT2D eigenvalue weighted by atomic mass is 10.2. The molecule has 0 aliphatic carbocycles. The third-order valence-electron chi connectivity index (χ3n) is 4.75. The van der Waals surface area contributed by atoms with Crippen molar-refractivity contribution < 1.29 is 23.5 Å². The number of rotatable bonds is 9. The molecule has 11 heteroatoms. The van der Waals surface area contributed by atoms with Crippen LogP contribution in [0.4, 0.5) is 5.69 Å². The van der Waals surface area contributed by atoms with Gasteiger partial charge in [-0.2, -0.15) is 0 Å². The molecule has 0 bridgehead atoms. The van der Waals surface area contributed by atoms with Crippen LogP contribution in [0.15, 0.2) is 42.5 Å². The number of nitro benzene ring substituents is 1. The fourth-order valence-electron chi connectivity index (χ4n) is 2.92. The minimum atomic E-state index is -2.98. The van der Waals surface area contributed by atoms with E-state index in [0.29, 0.717) is 16.9 Å². The molecule has 158 valence electrons. The average molecular weight is 432 g/mol. The van der Waals surface area contributed by atoms with Gasteiger partial charge in [-0.05, 0) is 42.0 Å². The normalized spacial score (nSPS) is 16.2. The first-order valence-corrected chi connectivity index (χ1v) is 11.0. The van der Waals surface area contributed by atoms with E-state index in [1.54, 1.807) is 39.7 Å². The van der Waals surface area contributed by atoms with Crippen molar-refractivity contribution in [3.05, 3.63) is 63.7 Å². The molecule has 2 aromatic rings. The summed E-state index contributed by atoms with van der Waals surface area (Å²) in [5, 5.41) is 13.9. The first kappa shape index (κ1) is 20.5. The van der Waals surface area contributed by atoms with Crippen LogP contribution >= 0.6 is 7.67 Å². The monoisotopic (exact) mass is 432 g/mol. The molecule has 1 N–H and O–H groups in total. The van der Waals surface area contributed by atoms with Crippen LogP contribution in [0.5, 0.6) is 11.5 Å². The molecule has 0 atom stereocenters.